The Bertz CT molecular complexity index is 3260. The molecule has 2 aromatic heterocycles. The molecule has 4 heteroatoms. The van der Waals surface area contributed by atoms with Crippen LogP contribution in [0.1, 0.15) is 0 Å². The van der Waals surface area contributed by atoms with E-state index in [1.165, 1.54) is 32.6 Å². The molecule has 0 fully saturated rings. The van der Waals surface area contributed by atoms with E-state index in [4.69, 9.17) is 9.97 Å². The standard InChI is InChI=1S/C54H36N4/c1-4-17-38(18-5-1)52-53(56-54-47(27-15-28-49(54)55-52)45-26-14-19-37-16-10-11-24-44(37)45)39-30-32-42(33-31-39)57(40-20-6-2-7-21-40)43-34-35-51-48(36-43)46-25-12-13-29-50(46)58(51)41-22-8-3-9-23-41/h1-36H. The minimum absolute atomic E-state index is 0.847. The van der Waals surface area contributed by atoms with E-state index < -0.39 is 0 Å². The predicted molar refractivity (Wildman–Crippen MR) is 242 cm³/mol. The van der Waals surface area contributed by atoms with Gasteiger partial charge in [-0.3, -0.25) is 0 Å². The third-order valence-corrected chi connectivity index (χ3v) is 11.2. The van der Waals surface area contributed by atoms with Crippen molar-refractivity contribution in [3.05, 3.63) is 218 Å². The van der Waals surface area contributed by atoms with Crippen LogP contribution in [0.3, 0.4) is 0 Å². The maximum Gasteiger partial charge on any atom is 0.0973 e. The Hall–Kier alpha value is -7.82. The van der Waals surface area contributed by atoms with Gasteiger partial charge in [0, 0.05) is 50.2 Å². The van der Waals surface area contributed by atoms with Gasteiger partial charge in [0.1, 0.15) is 0 Å². The summed E-state index contributed by atoms with van der Waals surface area (Å²) in [5.41, 5.74) is 14.4. The molecule has 0 N–H and O–H groups in total. The van der Waals surface area contributed by atoms with Crippen LogP contribution in [0.15, 0.2) is 218 Å². The molecule has 2 heterocycles. The van der Waals surface area contributed by atoms with E-state index in [0.29, 0.717) is 0 Å². The Labute approximate surface area is 336 Å². The third-order valence-electron chi connectivity index (χ3n) is 11.2. The van der Waals surface area contributed by atoms with Gasteiger partial charge in [0.25, 0.3) is 0 Å². The quantitative estimate of drug-likeness (QED) is 0.163. The minimum atomic E-state index is 0.847. The molecule has 4 nitrogen and oxygen atoms in total. The van der Waals surface area contributed by atoms with Crippen molar-refractivity contribution in [1.82, 2.24) is 14.5 Å². The molecule has 0 saturated carbocycles. The second-order valence-corrected chi connectivity index (χ2v) is 14.6. The van der Waals surface area contributed by atoms with E-state index in [2.05, 4.69) is 222 Å². The van der Waals surface area contributed by atoms with Gasteiger partial charge in [-0.15, -0.1) is 0 Å². The van der Waals surface area contributed by atoms with Gasteiger partial charge in [0.15, 0.2) is 0 Å². The van der Waals surface area contributed by atoms with Gasteiger partial charge in [-0.05, 0) is 83.1 Å². The highest BCUT2D eigenvalue weighted by Gasteiger charge is 2.20. The normalized spacial score (nSPS) is 11.4. The number of fused-ring (bicyclic) bond motifs is 5. The van der Waals surface area contributed by atoms with Crippen LogP contribution in [-0.4, -0.2) is 14.5 Å². The van der Waals surface area contributed by atoms with Crippen molar-refractivity contribution in [2.24, 2.45) is 0 Å². The van der Waals surface area contributed by atoms with E-state index in [1.54, 1.807) is 0 Å². The molecular weight excluding hydrogens is 705 g/mol. The first-order chi connectivity index (χ1) is 28.8. The number of nitrogens with zero attached hydrogens (tertiary/aromatic N) is 4. The Morgan fingerprint density at radius 3 is 1.74 bits per heavy atom. The fourth-order valence-electron chi connectivity index (χ4n) is 8.50. The van der Waals surface area contributed by atoms with Crippen LogP contribution in [0, 0.1) is 0 Å². The van der Waals surface area contributed by atoms with Gasteiger partial charge < -0.3 is 9.47 Å². The van der Waals surface area contributed by atoms with Crippen molar-refractivity contribution in [1.29, 1.82) is 0 Å². The molecular formula is C54H36N4. The summed E-state index contributed by atoms with van der Waals surface area (Å²) in [6.45, 7) is 0. The first kappa shape index (κ1) is 33.5. The molecule has 0 radical (unpaired) electrons. The molecule has 11 rings (SSSR count). The highest BCUT2D eigenvalue weighted by Crippen LogP contribution is 2.42. The third kappa shape index (κ3) is 5.70. The maximum atomic E-state index is 5.51. The molecule has 0 saturated heterocycles. The van der Waals surface area contributed by atoms with Gasteiger partial charge in [-0.25, -0.2) is 9.97 Å². The zero-order valence-corrected chi connectivity index (χ0v) is 31.6. The summed E-state index contributed by atoms with van der Waals surface area (Å²) in [5.74, 6) is 0. The zero-order chi connectivity index (χ0) is 38.4. The zero-order valence-electron chi connectivity index (χ0n) is 31.6. The summed E-state index contributed by atoms with van der Waals surface area (Å²) in [6, 6.07) is 77.2. The molecule has 0 bridgehead atoms. The van der Waals surface area contributed by atoms with E-state index >= 15 is 0 Å². The van der Waals surface area contributed by atoms with Crippen LogP contribution < -0.4 is 4.90 Å². The van der Waals surface area contributed by atoms with E-state index in [-0.39, 0.29) is 0 Å². The molecule has 58 heavy (non-hydrogen) atoms. The summed E-state index contributed by atoms with van der Waals surface area (Å²) in [5, 5.41) is 4.82. The smallest absolute Gasteiger partial charge is 0.0973 e. The number of benzene rings is 9. The number of rotatable bonds is 7. The van der Waals surface area contributed by atoms with Crippen molar-refractivity contribution in [3.8, 4) is 39.3 Å². The highest BCUT2D eigenvalue weighted by atomic mass is 15.1. The number of anilines is 3. The molecule has 0 spiro atoms. The van der Waals surface area contributed by atoms with Gasteiger partial charge in [-0.1, -0.05) is 152 Å². The van der Waals surface area contributed by atoms with E-state index in [9.17, 15) is 0 Å². The Morgan fingerprint density at radius 1 is 0.362 bits per heavy atom. The summed E-state index contributed by atoms with van der Waals surface area (Å²) >= 11 is 0. The number of hydrogen-bond acceptors (Lipinski definition) is 3. The fraction of sp³-hybridized carbons (Fsp3) is 0. The van der Waals surface area contributed by atoms with Gasteiger partial charge in [0.05, 0.1) is 33.5 Å². The van der Waals surface area contributed by atoms with Crippen LogP contribution in [0.5, 0.6) is 0 Å². The lowest BCUT2D eigenvalue weighted by molar-refractivity contribution is 1.18. The van der Waals surface area contributed by atoms with Crippen LogP contribution in [-0.2, 0) is 0 Å². The van der Waals surface area contributed by atoms with Crippen LogP contribution in [0.2, 0.25) is 0 Å². The average molecular weight is 741 g/mol. The summed E-state index contributed by atoms with van der Waals surface area (Å²) < 4.78 is 2.36. The molecule has 0 atom stereocenters. The van der Waals surface area contributed by atoms with Crippen molar-refractivity contribution < 1.29 is 0 Å². The van der Waals surface area contributed by atoms with Crippen molar-refractivity contribution in [2.45, 2.75) is 0 Å². The fourth-order valence-corrected chi connectivity index (χ4v) is 8.50. The highest BCUT2D eigenvalue weighted by molar-refractivity contribution is 6.11. The molecule has 0 aliphatic heterocycles. The second kappa shape index (κ2) is 14.0. The summed E-state index contributed by atoms with van der Waals surface area (Å²) in [7, 11) is 0. The van der Waals surface area contributed by atoms with Gasteiger partial charge >= 0.3 is 0 Å². The Morgan fingerprint density at radius 2 is 0.931 bits per heavy atom. The van der Waals surface area contributed by atoms with E-state index in [0.717, 1.165) is 67.4 Å². The van der Waals surface area contributed by atoms with Gasteiger partial charge in [-0.2, -0.15) is 0 Å². The van der Waals surface area contributed by atoms with Crippen LogP contribution in [0.25, 0.3) is 82.9 Å². The first-order valence-corrected chi connectivity index (χ1v) is 19.7. The second-order valence-electron chi connectivity index (χ2n) is 14.6. The SMILES string of the molecule is c1ccc(-c2nc3cccc(-c4cccc5ccccc45)c3nc2-c2ccc(N(c3ccccc3)c3ccc4c(c3)c3ccccc3n4-c3ccccc3)cc2)cc1. The Balaban J connectivity index is 1.07. The first-order valence-electron chi connectivity index (χ1n) is 19.7. The molecule has 272 valence electrons. The van der Waals surface area contributed by atoms with Crippen molar-refractivity contribution in [2.75, 3.05) is 4.90 Å². The maximum absolute atomic E-state index is 5.51. The summed E-state index contributed by atoms with van der Waals surface area (Å²) in [4.78, 5) is 13.2. The lowest BCUT2D eigenvalue weighted by Crippen LogP contribution is -2.09. The molecule has 0 amide bonds. The van der Waals surface area contributed by atoms with Gasteiger partial charge in [0.2, 0.25) is 0 Å². The lowest BCUT2D eigenvalue weighted by Gasteiger charge is -2.26. The molecule has 0 unspecified atom stereocenters. The topological polar surface area (TPSA) is 34.0 Å². The number of para-hydroxylation sites is 4. The monoisotopic (exact) mass is 740 g/mol. The average Bonchev–Trinajstić information content (AvgIpc) is 3.63. The van der Waals surface area contributed by atoms with Crippen molar-refractivity contribution in [3.63, 3.8) is 0 Å². The molecule has 11 aromatic rings. The van der Waals surface area contributed by atoms with Crippen molar-refractivity contribution >= 4 is 60.7 Å². The molecule has 0 aliphatic rings. The molecule has 0 aliphatic carbocycles. The van der Waals surface area contributed by atoms with E-state index in [1.807, 2.05) is 6.07 Å². The van der Waals surface area contributed by atoms with Crippen LogP contribution >= 0.6 is 0 Å². The minimum Gasteiger partial charge on any atom is -0.310 e. The van der Waals surface area contributed by atoms with Crippen LogP contribution in [0.4, 0.5) is 17.1 Å². The largest absolute Gasteiger partial charge is 0.310 e. The summed E-state index contributed by atoms with van der Waals surface area (Å²) in [6.07, 6.45) is 0. The molecule has 9 aromatic carbocycles. The Kier molecular flexibility index (Phi) is 8.11. The predicted octanol–water partition coefficient (Wildman–Crippen LogP) is 14.4. The number of aromatic nitrogens is 3. The lowest BCUT2D eigenvalue weighted by atomic mass is 9.96. The number of hydrogen-bond donors (Lipinski definition) is 0.